The number of rotatable bonds is 5. The number of fused-ring (bicyclic) bond motifs is 1. The lowest BCUT2D eigenvalue weighted by Crippen LogP contribution is -2.12. The van der Waals surface area contributed by atoms with Gasteiger partial charge in [0, 0.05) is 43.4 Å². The molecule has 0 aliphatic carbocycles. The Bertz CT molecular complexity index is 1000. The predicted octanol–water partition coefficient (Wildman–Crippen LogP) is 3.87. The molecule has 7 nitrogen and oxygen atoms in total. The van der Waals surface area contributed by atoms with Gasteiger partial charge in [-0.15, -0.1) is 0 Å². The van der Waals surface area contributed by atoms with E-state index >= 15 is 0 Å². The highest BCUT2D eigenvalue weighted by Gasteiger charge is 2.15. The van der Waals surface area contributed by atoms with E-state index in [4.69, 9.17) is 9.47 Å². The first kappa shape index (κ1) is 17.7. The van der Waals surface area contributed by atoms with Gasteiger partial charge in [-0.3, -0.25) is 9.78 Å². The van der Waals surface area contributed by atoms with Crippen molar-refractivity contribution in [1.82, 2.24) is 4.98 Å². The first-order chi connectivity index (χ1) is 13.6. The Morgan fingerprint density at radius 3 is 2.46 bits per heavy atom. The third kappa shape index (κ3) is 3.83. The second-order valence-corrected chi connectivity index (χ2v) is 6.55. The van der Waals surface area contributed by atoms with E-state index in [2.05, 4.69) is 15.6 Å². The predicted molar refractivity (Wildman–Crippen MR) is 109 cm³/mol. The molecule has 4 rings (SSSR count). The molecule has 1 aliphatic rings. The van der Waals surface area contributed by atoms with Gasteiger partial charge in [0.1, 0.15) is 0 Å². The highest BCUT2D eigenvalue weighted by atomic mass is 16.7. The lowest BCUT2D eigenvalue weighted by molar-refractivity contribution is 0.102. The van der Waals surface area contributed by atoms with Crippen LogP contribution >= 0.6 is 0 Å². The smallest absolute Gasteiger partial charge is 0.257 e. The molecule has 0 bridgehead atoms. The molecule has 1 amide bonds. The summed E-state index contributed by atoms with van der Waals surface area (Å²) in [5, 5.41) is 6.12. The van der Waals surface area contributed by atoms with Crippen molar-refractivity contribution in [3.8, 4) is 11.5 Å². The van der Waals surface area contributed by atoms with Crippen LogP contribution in [0.1, 0.15) is 10.4 Å². The Morgan fingerprint density at radius 1 is 0.929 bits per heavy atom. The average molecular weight is 376 g/mol. The number of pyridine rings is 1. The molecule has 0 radical (unpaired) electrons. The van der Waals surface area contributed by atoms with Crippen molar-refractivity contribution in [2.45, 2.75) is 0 Å². The Labute approximate surface area is 162 Å². The van der Waals surface area contributed by atoms with Crippen LogP contribution in [0.25, 0.3) is 0 Å². The Balaban J connectivity index is 1.46. The quantitative estimate of drug-likeness (QED) is 0.704. The topological polar surface area (TPSA) is 75.7 Å². The number of aromatic nitrogens is 1. The van der Waals surface area contributed by atoms with Crippen LogP contribution in [0, 0.1) is 0 Å². The standard InChI is InChI=1S/C21H20N4O3/c1-25(2)18-6-3-15(4-7-18)23-17-9-14(11-22-12-17)21(26)24-16-5-8-19-20(10-16)28-13-27-19/h3-12,23H,13H2,1-2H3,(H,24,26). The van der Waals surface area contributed by atoms with E-state index in [1.54, 1.807) is 30.5 Å². The minimum atomic E-state index is -0.252. The van der Waals surface area contributed by atoms with Crippen LogP contribution in [0.4, 0.5) is 22.7 Å². The molecule has 2 aromatic carbocycles. The zero-order chi connectivity index (χ0) is 19.5. The summed E-state index contributed by atoms with van der Waals surface area (Å²) in [6, 6.07) is 15.0. The van der Waals surface area contributed by atoms with Crippen LogP contribution in [0.5, 0.6) is 11.5 Å². The fraction of sp³-hybridized carbons (Fsp3) is 0.143. The summed E-state index contributed by atoms with van der Waals surface area (Å²) in [7, 11) is 3.99. The van der Waals surface area contributed by atoms with E-state index in [9.17, 15) is 4.79 Å². The fourth-order valence-corrected chi connectivity index (χ4v) is 2.82. The van der Waals surface area contributed by atoms with Crippen molar-refractivity contribution >= 4 is 28.7 Å². The summed E-state index contributed by atoms with van der Waals surface area (Å²) in [4.78, 5) is 18.8. The molecular formula is C21H20N4O3. The minimum absolute atomic E-state index is 0.194. The number of benzene rings is 2. The van der Waals surface area contributed by atoms with Gasteiger partial charge in [0.25, 0.3) is 5.91 Å². The molecule has 7 heteroatoms. The van der Waals surface area contributed by atoms with Gasteiger partial charge in [-0.05, 0) is 42.5 Å². The molecular weight excluding hydrogens is 356 g/mol. The molecule has 0 saturated carbocycles. The monoisotopic (exact) mass is 376 g/mol. The largest absolute Gasteiger partial charge is 0.454 e. The number of nitrogens with zero attached hydrogens (tertiary/aromatic N) is 2. The molecule has 142 valence electrons. The van der Waals surface area contributed by atoms with Crippen molar-refractivity contribution in [1.29, 1.82) is 0 Å². The summed E-state index contributed by atoms with van der Waals surface area (Å²) in [5.41, 5.74) is 3.84. The summed E-state index contributed by atoms with van der Waals surface area (Å²) < 4.78 is 10.6. The van der Waals surface area contributed by atoms with Crippen LogP contribution in [0.3, 0.4) is 0 Å². The second-order valence-electron chi connectivity index (χ2n) is 6.55. The maximum atomic E-state index is 12.6. The first-order valence-electron chi connectivity index (χ1n) is 8.79. The van der Waals surface area contributed by atoms with Crippen molar-refractivity contribution in [3.63, 3.8) is 0 Å². The van der Waals surface area contributed by atoms with Crippen LogP contribution in [0.15, 0.2) is 60.9 Å². The van der Waals surface area contributed by atoms with Crippen LogP contribution in [-0.4, -0.2) is 31.8 Å². The number of carbonyl (C=O) groups excluding carboxylic acids is 1. The van der Waals surface area contributed by atoms with Crippen LogP contribution in [-0.2, 0) is 0 Å². The third-order valence-corrected chi connectivity index (χ3v) is 4.30. The highest BCUT2D eigenvalue weighted by Crippen LogP contribution is 2.34. The van der Waals surface area contributed by atoms with Gasteiger partial charge in [0.2, 0.25) is 6.79 Å². The highest BCUT2D eigenvalue weighted by molar-refractivity contribution is 6.04. The maximum absolute atomic E-state index is 12.6. The normalized spacial score (nSPS) is 11.8. The van der Waals surface area contributed by atoms with E-state index in [1.807, 2.05) is 43.3 Å². The van der Waals surface area contributed by atoms with Gasteiger partial charge in [-0.2, -0.15) is 0 Å². The molecule has 1 aromatic heterocycles. The maximum Gasteiger partial charge on any atom is 0.257 e. The number of hydrogen-bond acceptors (Lipinski definition) is 6. The number of anilines is 4. The van der Waals surface area contributed by atoms with Crippen LogP contribution in [0.2, 0.25) is 0 Å². The zero-order valence-electron chi connectivity index (χ0n) is 15.6. The van der Waals surface area contributed by atoms with E-state index in [0.717, 1.165) is 17.1 Å². The van der Waals surface area contributed by atoms with Crippen molar-refractivity contribution in [3.05, 3.63) is 66.5 Å². The minimum Gasteiger partial charge on any atom is -0.454 e. The fourth-order valence-electron chi connectivity index (χ4n) is 2.82. The van der Waals surface area contributed by atoms with Gasteiger partial charge < -0.3 is 25.0 Å². The Kier molecular flexibility index (Phi) is 4.72. The molecule has 0 spiro atoms. The Hall–Kier alpha value is -3.74. The SMILES string of the molecule is CN(C)c1ccc(Nc2cncc(C(=O)Nc3ccc4c(c3)OCO4)c2)cc1. The van der Waals surface area contributed by atoms with Gasteiger partial charge in [0.05, 0.1) is 17.4 Å². The van der Waals surface area contributed by atoms with Crippen LogP contribution < -0.4 is 25.0 Å². The second kappa shape index (κ2) is 7.48. The lowest BCUT2D eigenvalue weighted by Gasteiger charge is -2.13. The number of amides is 1. The van der Waals surface area contributed by atoms with E-state index in [-0.39, 0.29) is 12.7 Å². The molecule has 1 aliphatic heterocycles. The summed E-state index contributed by atoms with van der Waals surface area (Å²) in [6.07, 6.45) is 3.21. The number of hydrogen-bond donors (Lipinski definition) is 2. The van der Waals surface area contributed by atoms with E-state index in [0.29, 0.717) is 22.7 Å². The summed E-state index contributed by atoms with van der Waals surface area (Å²) in [5.74, 6) is 1.04. The summed E-state index contributed by atoms with van der Waals surface area (Å²) in [6.45, 7) is 0.194. The lowest BCUT2D eigenvalue weighted by atomic mass is 10.2. The van der Waals surface area contributed by atoms with Crippen molar-refractivity contribution in [2.24, 2.45) is 0 Å². The van der Waals surface area contributed by atoms with Gasteiger partial charge in [-0.1, -0.05) is 0 Å². The van der Waals surface area contributed by atoms with E-state index < -0.39 is 0 Å². The number of nitrogens with one attached hydrogen (secondary N) is 2. The molecule has 0 saturated heterocycles. The number of ether oxygens (including phenoxy) is 2. The zero-order valence-corrected chi connectivity index (χ0v) is 15.6. The molecule has 2 N–H and O–H groups in total. The van der Waals surface area contributed by atoms with E-state index in [1.165, 1.54) is 6.20 Å². The molecule has 0 unspecified atom stereocenters. The van der Waals surface area contributed by atoms with Gasteiger partial charge >= 0.3 is 0 Å². The molecule has 28 heavy (non-hydrogen) atoms. The molecule has 2 heterocycles. The molecule has 0 fully saturated rings. The Morgan fingerprint density at radius 2 is 1.68 bits per heavy atom. The third-order valence-electron chi connectivity index (χ3n) is 4.30. The van der Waals surface area contributed by atoms with Gasteiger partial charge in [-0.25, -0.2) is 0 Å². The van der Waals surface area contributed by atoms with Crippen molar-refractivity contribution in [2.75, 3.05) is 36.4 Å². The van der Waals surface area contributed by atoms with Crippen molar-refractivity contribution < 1.29 is 14.3 Å². The summed E-state index contributed by atoms with van der Waals surface area (Å²) >= 11 is 0. The average Bonchev–Trinajstić information content (AvgIpc) is 3.16. The molecule has 3 aromatic rings. The van der Waals surface area contributed by atoms with Gasteiger partial charge in [0.15, 0.2) is 11.5 Å². The number of carbonyl (C=O) groups is 1. The molecule has 0 atom stereocenters. The first-order valence-corrected chi connectivity index (χ1v) is 8.79.